The first kappa shape index (κ1) is 23.4. The first-order valence-electron chi connectivity index (χ1n) is 9.59. The Morgan fingerprint density at radius 2 is 1.42 bits per heavy atom. The SMILES string of the molecule is CCCCCCCC(=O)O[C@@H](CO)CSC(=O)CCCCCCC. The Morgan fingerprint density at radius 3 is 1.96 bits per heavy atom. The van der Waals surface area contributed by atoms with Gasteiger partial charge < -0.3 is 9.84 Å². The van der Waals surface area contributed by atoms with Gasteiger partial charge in [0, 0.05) is 18.6 Å². The van der Waals surface area contributed by atoms with E-state index in [2.05, 4.69) is 13.8 Å². The van der Waals surface area contributed by atoms with Gasteiger partial charge in [0.25, 0.3) is 0 Å². The van der Waals surface area contributed by atoms with Gasteiger partial charge in [0.2, 0.25) is 0 Å². The molecular formula is C19H36O4S. The van der Waals surface area contributed by atoms with Crippen LogP contribution in [0.5, 0.6) is 0 Å². The number of esters is 1. The zero-order valence-electron chi connectivity index (χ0n) is 15.6. The molecule has 0 fully saturated rings. The monoisotopic (exact) mass is 360 g/mol. The summed E-state index contributed by atoms with van der Waals surface area (Å²) in [7, 11) is 0. The molecule has 0 aliphatic rings. The van der Waals surface area contributed by atoms with E-state index in [-0.39, 0.29) is 17.7 Å². The maximum atomic E-state index is 11.8. The highest BCUT2D eigenvalue weighted by atomic mass is 32.2. The number of ether oxygens (including phenoxy) is 1. The van der Waals surface area contributed by atoms with Crippen LogP contribution in [0.3, 0.4) is 0 Å². The molecule has 0 heterocycles. The fourth-order valence-corrected chi connectivity index (χ4v) is 3.21. The Morgan fingerprint density at radius 1 is 0.875 bits per heavy atom. The standard InChI is InChI=1S/C19H36O4S/c1-3-5-7-9-11-13-18(21)23-17(15-20)16-24-19(22)14-12-10-8-6-4-2/h17,20H,3-16H2,1-2H3/t17-/m0/s1. The van der Waals surface area contributed by atoms with E-state index in [0.29, 0.717) is 18.6 Å². The van der Waals surface area contributed by atoms with Crippen molar-refractivity contribution in [3.05, 3.63) is 0 Å². The number of aliphatic hydroxyl groups excluding tert-OH is 1. The Balaban J connectivity index is 3.73. The lowest BCUT2D eigenvalue weighted by atomic mass is 10.1. The molecule has 5 heteroatoms. The molecule has 0 rings (SSSR count). The second-order valence-electron chi connectivity index (χ2n) is 6.31. The third-order valence-corrected chi connectivity index (χ3v) is 4.97. The fraction of sp³-hybridized carbons (Fsp3) is 0.895. The summed E-state index contributed by atoms with van der Waals surface area (Å²) < 4.78 is 5.25. The molecule has 0 radical (unpaired) electrons. The minimum atomic E-state index is -0.567. The summed E-state index contributed by atoms with van der Waals surface area (Å²) in [5.41, 5.74) is 0. The van der Waals surface area contributed by atoms with Crippen LogP contribution >= 0.6 is 11.8 Å². The van der Waals surface area contributed by atoms with Gasteiger partial charge in [0.05, 0.1) is 6.61 Å². The Kier molecular flexibility index (Phi) is 16.9. The van der Waals surface area contributed by atoms with E-state index in [1.165, 1.54) is 43.9 Å². The van der Waals surface area contributed by atoms with Crippen LogP contribution in [0.1, 0.15) is 90.9 Å². The lowest BCUT2D eigenvalue weighted by molar-refractivity contribution is -0.149. The van der Waals surface area contributed by atoms with Crippen molar-refractivity contribution in [3.63, 3.8) is 0 Å². The van der Waals surface area contributed by atoms with Gasteiger partial charge in [-0.25, -0.2) is 0 Å². The van der Waals surface area contributed by atoms with Crippen LogP contribution in [0.2, 0.25) is 0 Å². The van der Waals surface area contributed by atoms with E-state index in [1.54, 1.807) is 0 Å². The highest BCUT2D eigenvalue weighted by Crippen LogP contribution is 2.14. The number of rotatable bonds is 16. The van der Waals surface area contributed by atoms with Crippen molar-refractivity contribution in [3.8, 4) is 0 Å². The zero-order valence-corrected chi connectivity index (χ0v) is 16.4. The molecule has 0 aromatic heterocycles. The van der Waals surface area contributed by atoms with Gasteiger partial charge in [0.15, 0.2) is 5.12 Å². The van der Waals surface area contributed by atoms with E-state index >= 15 is 0 Å². The topological polar surface area (TPSA) is 63.6 Å². The number of thioether (sulfide) groups is 1. The maximum absolute atomic E-state index is 11.8. The molecule has 0 aliphatic carbocycles. The quantitative estimate of drug-likeness (QED) is 0.314. The molecular weight excluding hydrogens is 324 g/mol. The largest absolute Gasteiger partial charge is 0.459 e. The average molecular weight is 361 g/mol. The Bertz CT molecular complexity index is 320. The van der Waals surface area contributed by atoms with Crippen LogP contribution in [0.4, 0.5) is 0 Å². The van der Waals surface area contributed by atoms with Crippen LogP contribution in [0, 0.1) is 0 Å². The maximum Gasteiger partial charge on any atom is 0.306 e. The molecule has 4 nitrogen and oxygen atoms in total. The predicted octanol–water partition coefficient (Wildman–Crippen LogP) is 4.87. The van der Waals surface area contributed by atoms with E-state index in [1.807, 2.05) is 0 Å². The predicted molar refractivity (Wildman–Crippen MR) is 101 cm³/mol. The van der Waals surface area contributed by atoms with Gasteiger partial charge in [-0.15, -0.1) is 0 Å². The number of carbonyl (C=O) groups is 2. The number of unbranched alkanes of at least 4 members (excludes halogenated alkanes) is 8. The molecule has 0 amide bonds. The van der Waals surface area contributed by atoms with Gasteiger partial charge in [-0.2, -0.15) is 0 Å². The van der Waals surface area contributed by atoms with Gasteiger partial charge >= 0.3 is 5.97 Å². The summed E-state index contributed by atoms with van der Waals surface area (Å²) in [6, 6.07) is 0. The lowest BCUT2D eigenvalue weighted by Crippen LogP contribution is -2.25. The van der Waals surface area contributed by atoms with Crippen LogP contribution in [-0.2, 0) is 14.3 Å². The summed E-state index contributed by atoms with van der Waals surface area (Å²) in [5, 5.41) is 9.43. The van der Waals surface area contributed by atoms with Crippen LogP contribution in [0.25, 0.3) is 0 Å². The zero-order chi connectivity index (χ0) is 18.0. The number of carbonyl (C=O) groups excluding carboxylic acids is 2. The third kappa shape index (κ3) is 15.0. The molecule has 0 bridgehead atoms. The second kappa shape index (κ2) is 17.3. The minimum absolute atomic E-state index is 0.126. The minimum Gasteiger partial charge on any atom is -0.459 e. The highest BCUT2D eigenvalue weighted by Gasteiger charge is 2.15. The lowest BCUT2D eigenvalue weighted by Gasteiger charge is -2.14. The molecule has 0 unspecified atom stereocenters. The number of hydrogen-bond acceptors (Lipinski definition) is 5. The molecule has 0 spiro atoms. The molecule has 142 valence electrons. The van der Waals surface area contributed by atoms with Crippen LogP contribution < -0.4 is 0 Å². The van der Waals surface area contributed by atoms with E-state index in [4.69, 9.17) is 4.74 Å². The molecule has 0 aromatic rings. The van der Waals surface area contributed by atoms with Gasteiger partial charge in [-0.3, -0.25) is 9.59 Å². The van der Waals surface area contributed by atoms with Crippen LogP contribution in [0.15, 0.2) is 0 Å². The molecule has 1 N–H and O–H groups in total. The highest BCUT2D eigenvalue weighted by molar-refractivity contribution is 8.13. The first-order valence-corrected chi connectivity index (χ1v) is 10.6. The van der Waals surface area contributed by atoms with Crippen molar-refractivity contribution in [2.24, 2.45) is 0 Å². The van der Waals surface area contributed by atoms with Crippen molar-refractivity contribution in [2.75, 3.05) is 12.4 Å². The van der Waals surface area contributed by atoms with Crippen molar-refractivity contribution in [1.29, 1.82) is 0 Å². The molecule has 0 saturated heterocycles. The Hall–Kier alpha value is -0.550. The van der Waals surface area contributed by atoms with Crippen molar-refractivity contribution >= 4 is 22.8 Å². The molecule has 1 atom stereocenters. The van der Waals surface area contributed by atoms with E-state index in [0.717, 1.165) is 32.1 Å². The third-order valence-electron chi connectivity index (χ3n) is 3.90. The summed E-state index contributed by atoms with van der Waals surface area (Å²) in [4.78, 5) is 23.5. The van der Waals surface area contributed by atoms with Crippen molar-refractivity contribution in [2.45, 2.75) is 97.0 Å². The van der Waals surface area contributed by atoms with E-state index < -0.39 is 6.10 Å². The first-order chi connectivity index (χ1) is 11.6. The summed E-state index contributed by atoms with van der Waals surface area (Å²) in [6.07, 6.45) is 11.4. The van der Waals surface area contributed by atoms with Gasteiger partial charge in [-0.1, -0.05) is 77.0 Å². The number of hydrogen-bond donors (Lipinski definition) is 1. The summed E-state index contributed by atoms with van der Waals surface area (Å²) in [5.74, 6) is 0.0875. The summed E-state index contributed by atoms with van der Waals surface area (Å²) >= 11 is 1.17. The molecule has 0 aliphatic heterocycles. The van der Waals surface area contributed by atoms with Crippen molar-refractivity contribution < 1.29 is 19.4 Å². The number of aliphatic hydroxyl groups is 1. The fourth-order valence-electron chi connectivity index (χ4n) is 2.37. The molecule has 0 aromatic carbocycles. The molecule has 24 heavy (non-hydrogen) atoms. The van der Waals surface area contributed by atoms with Gasteiger partial charge in [-0.05, 0) is 12.8 Å². The van der Waals surface area contributed by atoms with Gasteiger partial charge in [0.1, 0.15) is 6.10 Å². The van der Waals surface area contributed by atoms with E-state index in [9.17, 15) is 14.7 Å². The van der Waals surface area contributed by atoms with Crippen LogP contribution in [-0.4, -0.2) is 34.7 Å². The average Bonchev–Trinajstić information content (AvgIpc) is 2.58. The summed E-state index contributed by atoms with van der Waals surface area (Å²) in [6.45, 7) is 4.10. The smallest absolute Gasteiger partial charge is 0.306 e. The second-order valence-corrected chi connectivity index (χ2v) is 7.38. The Labute approximate surface area is 152 Å². The normalized spacial score (nSPS) is 12.1. The molecule has 0 saturated carbocycles. The van der Waals surface area contributed by atoms with Crippen molar-refractivity contribution in [1.82, 2.24) is 0 Å².